The van der Waals surface area contributed by atoms with Gasteiger partial charge in [-0.15, -0.1) is 0 Å². The second-order valence-electron chi connectivity index (χ2n) is 19.1. The van der Waals surface area contributed by atoms with E-state index in [0.29, 0.717) is 27.6 Å². The zero-order chi connectivity index (χ0) is 49.5. The number of amides is 4. The molecule has 19 heteroatoms. The van der Waals surface area contributed by atoms with Crippen LogP contribution in [0.3, 0.4) is 0 Å². The van der Waals surface area contributed by atoms with E-state index in [9.17, 15) is 29.4 Å². The van der Waals surface area contributed by atoms with Gasteiger partial charge in [0.15, 0.2) is 12.6 Å². The third kappa shape index (κ3) is 13.5. The Morgan fingerprint density at radius 2 is 1.22 bits per heavy atom. The molecule has 0 saturated carbocycles. The molecule has 2 aromatic rings. The first-order valence-corrected chi connectivity index (χ1v) is 23.7. The minimum Gasteiger partial charge on any atom is -0.387 e. The summed E-state index contributed by atoms with van der Waals surface area (Å²) < 4.78 is 38.4. The minimum atomic E-state index is -1.35. The average Bonchev–Trinajstić information content (AvgIpc) is 3.29. The number of nitrogens with one attached hydrogen (secondary N) is 4. The van der Waals surface area contributed by atoms with Gasteiger partial charge in [0, 0.05) is 48.6 Å². The maximum atomic E-state index is 14.5. The highest BCUT2D eigenvalue weighted by Gasteiger charge is 2.52. The molecule has 0 aromatic heterocycles. The molecule has 374 valence electrons. The number of carbonyl (C=O) groups excluding carboxylic acids is 4. The van der Waals surface area contributed by atoms with Gasteiger partial charge in [-0.05, 0) is 90.0 Å². The highest BCUT2D eigenvalue weighted by atomic mass is 35.5. The fraction of sp³-hybridized carbons (Fsp3) is 0.667. The Morgan fingerprint density at radius 3 is 1.72 bits per heavy atom. The molecule has 17 nitrogen and oxygen atoms in total. The monoisotopic (exact) mass is 979 g/mol. The van der Waals surface area contributed by atoms with E-state index >= 15 is 0 Å². The van der Waals surface area contributed by atoms with Gasteiger partial charge < -0.3 is 64.8 Å². The quantitative estimate of drug-likeness (QED) is 0.210. The van der Waals surface area contributed by atoms with E-state index in [-0.39, 0.29) is 25.0 Å². The largest absolute Gasteiger partial charge is 0.387 e. The van der Waals surface area contributed by atoms with E-state index in [1.165, 1.54) is 14.2 Å². The van der Waals surface area contributed by atoms with Crippen molar-refractivity contribution in [1.82, 2.24) is 26.2 Å². The Bertz CT molecular complexity index is 1980. The van der Waals surface area contributed by atoms with Crippen LogP contribution in [0.25, 0.3) is 0 Å². The summed E-state index contributed by atoms with van der Waals surface area (Å²) in [6, 6.07) is 11.4. The van der Waals surface area contributed by atoms with E-state index in [1.807, 2.05) is 32.8 Å². The van der Waals surface area contributed by atoms with Crippen LogP contribution in [-0.2, 0) is 47.6 Å². The summed E-state index contributed by atoms with van der Waals surface area (Å²) >= 11 is 12.5. The molecular formula is C48H71Cl2N5O12. The molecule has 3 aliphatic heterocycles. The van der Waals surface area contributed by atoms with Crippen LogP contribution in [0.5, 0.6) is 0 Å². The van der Waals surface area contributed by atoms with Crippen molar-refractivity contribution >= 4 is 46.8 Å². The van der Waals surface area contributed by atoms with Gasteiger partial charge in [-0.1, -0.05) is 68.2 Å². The highest BCUT2D eigenvalue weighted by molar-refractivity contribution is 6.30. The first-order valence-electron chi connectivity index (χ1n) is 22.9. The van der Waals surface area contributed by atoms with Crippen molar-refractivity contribution in [2.45, 2.75) is 146 Å². The molecule has 0 radical (unpaired) electrons. The summed E-state index contributed by atoms with van der Waals surface area (Å²) in [5.74, 6) is -4.78. The summed E-state index contributed by atoms with van der Waals surface area (Å²) in [6.45, 7) is 11.4. The standard InChI is InChI=1S/C48H71Cl2N5O12/c1-25-21-48(7,63-11)43(67-46-40(58)34(55(8)9)20-26(2)64-46)27(3)41(66-37-22-47(6,62-10)42(59)29(5)65-37)28(4)45(61)52-24-36(57)54-39(31-14-18-33(50)19-15-31)38(30-12-16-32(49)17-13-30)53-35(56)23-51-44(25)60/h12-19,25-29,34,37-43,46,58-59H,20-24H2,1-11H3,(H,51,60)(H,52,61)(H,53,56)(H,54,57)/t25-,26-,27+,28-,29+,34+,37+,38?,39?,40-,41+,42+,43-,46+,47-,48-/m1/s1. The lowest BCUT2D eigenvalue weighted by molar-refractivity contribution is -0.318. The molecule has 4 amide bonds. The van der Waals surface area contributed by atoms with Gasteiger partial charge in [-0.2, -0.15) is 0 Å². The normalized spacial score (nSPS) is 37.9. The first-order chi connectivity index (χ1) is 31.5. The lowest BCUT2D eigenvalue weighted by Crippen LogP contribution is -2.61. The number of methoxy groups -OCH3 is 2. The van der Waals surface area contributed by atoms with E-state index < -0.39 is 121 Å². The maximum Gasteiger partial charge on any atom is 0.239 e. The molecule has 0 spiro atoms. The lowest BCUT2D eigenvalue weighted by Gasteiger charge is -2.49. The zero-order valence-electron chi connectivity index (χ0n) is 40.4. The summed E-state index contributed by atoms with van der Waals surface area (Å²) in [6.07, 6.45) is -6.83. The number of hydrogen-bond donors (Lipinski definition) is 6. The van der Waals surface area contributed by atoms with Crippen LogP contribution in [-0.4, -0.2) is 147 Å². The third-order valence-electron chi connectivity index (χ3n) is 13.7. The van der Waals surface area contributed by atoms with Gasteiger partial charge in [-0.25, -0.2) is 0 Å². The van der Waals surface area contributed by atoms with Gasteiger partial charge in [0.05, 0.1) is 66.7 Å². The van der Waals surface area contributed by atoms with Crippen molar-refractivity contribution in [3.8, 4) is 0 Å². The Morgan fingerprint density at radius 1 is 0.716 bits per heavy atom. The molecule has 2 aromatic carbocycles. The predicted molar refractivity (Wildman–Crippen MR) is 251 cm³/mol. The Balaban J connectivity index is 1.60. The number of aliphatic hydroxyl groups excluding tert-OH is 2. The predicted octanol–water partition coefficient (Wildman–Crippen LogP) is 4.06. The van der Waals surface area contributed by atoms with Gasteiger partial charge >= 0.3 is 0 Å². The van der Waals surface area contributed by atoms with Crippen molar-refractivity contribution in [3.63, 3.8) is 0 Å². The SMILES string of the molecule is CO[C@]1(C)C[C@@H](C)C(=O)NCC(=O)NC(c2ccc(Cl)cc2)C(c2ccc(Cl)cc2)NC(=O)CNC(=O)[C@H](C)[C@@H](O[C@H]2C[C@@](C)(OC)[C@@H](O)[C@H](C)O2)[C@H](C)[C@H]1O[C@@H]1O[C@H](C)C[C@H](N(C)C)[C@H]1O. The maximum absolute atomic E-state index is 14.5. The van der Waals surface area contributed by atoms with Crippen LogP contribution in [0.15, 0.2) is 48.5 Å². The van der Waals surface area contributed by atoms with Gasteiger partial charge in [0.2, 0.25) is 23.6 Å². The molecule has 3 fully saturated rings. The number of nitrogens with zero attached hydrogens (tertiary/aromatic N) is 1. The summed E-state index contributed by atoms with van der Waals surface area (Å²) in [4.78, 5) is 58.4. The molecule has 67 heavy (non-hydrogen) atoms. The number of aliphatic hydroxyl groups is 2. The molecule has 5 rings (SSSR count). The second kappa shape index (κ2) is 23.4. The van der Waals surface area contributed by atoms with Crippen LogP contribution in [0.2, 0.25) is 10.0 Å². The van der Waals surface area contributed by atoms with Crippen molar-refractivity contribution in [3.05, 3.63) is 69.7 Å². The Hall–Kier alpha value is -3.46. The topological polar surface area (TPSA) is 215 Å². The molecular weight excluding hydrogens is 909 g/mol. The summed E-state index contributed by atoms with van der Waals surface area (Å²) in [7, 11) is 6.69. The van der Waals surface area contributed by atoms with Crippen molar-refractivity contribution in [2.75, 3.05) is 41.4 Å². The van der Waals surface area contributed by atoms with Gasteiger partial charge in [-0.3, -0.25) is 19.2 Å². The number of likely N-dealkylation sites (N-methyl/N-ethyl adjacent to an activating group) is 1. The number of ether oxygens (including phenoxy) is 6. The van der Waals surface area contributed by atoms with Crippen LogP contribution in [0.4, 0.5) is 0 Å². The minimum absolute atomic E-state index is 0.0318. The molecule has 3 saturated heterocycles. The van der Waals surface area contributed by atoms with E-state index in [0.717, 1.165) is 0 Å². The molecule has 3 heterocycles. The Kier molecular flexibility index (Phi) is 19.1. The smallest absolute Gasteiger partial charge is 0.239 e. The van der Waals surface area contributed by atoms with E-state index in [1.54, 1.807) is 83.1 Å². The van der Waals surface area contributed by atoms with Gasteiger partial charge in [0.25, 0.3) is 0 Å². The fourth-order valence-corrected chi connectivity index (χ4v) is 9.86. The van der Waals surface area contributed by atoms with Gasteiger partial charge in [0.1, 0.15) is 12.2 Å². The molecule has 0 aliphatic carbocycles. The lowest BCUT2D eigenvalue weighted by atomic mass is 9.77. The van der Waals surface area contributed by atoms with Crippen molar-refractivity contribution in [1.29, 1.82) is 0 Å². The number of benzene rings is 2. The zero-order valence-corrected chi connectivity index (χ0v) is 41.9. The third-order valence-corrected chi connectivity index (χ3v) is 14.2. The van der Waals surface area contributed by atoms with Crippen LogP contribution in [0, 0.1) is 17.8 Å². The molecule has 2 unspecified atom stereocenters. The first kappa shape index (κ1) is 54.5. The highest BCUT2D eigenvalue weighted by Crippen LogP contribution is 2.40. The van der Waals surface area contributed by atoms with E-state index in [4.69, 9.17) is 51.6 Å². The molecule has 3 aliphatic rings. The molecule has 16 atom stereocenters. The molecule has 6 N–H and O–H groups in total. The van der Waals surface area contributed by atoms with Crippen LogP contribution >= 0.6 is 23.2 Å². The number of halogens is 2. The molecule has 0 bridgehead atoms. The summed E-state index contributed by atoms with van der Waals surface area (Å²) in [5.41, 5.74) is -1.25. The second-order valence-corrected chi connectivity index (χ2v) is 19.9. The number of hydrogen-bond acceptors (Lipinski definition) is 13. The number of carbonyl (C=O) groups is 4. The van der Waals surface area contributed by atoms with Crippen LogP contribution in [0.1, 0.15) is 90.9 Å². The van der Waals surface area contributed by atoms with E-state index in [2.05, 4.69) is 21.3 Å². The van der Waals surface area contributed by atoms with Crippen molar-refractivity contribution < 1.29 is 57.8 Å². The number of rotatable bonds is 9. The Labute approximate surface area is 404 Å². The fourth-order valence-electron chi connectivity index (χ4n) is 9.61. The van der Waals surface area contributed by atoms with Crippen molar-refractivity contribution in [2.24, 2.45) is 17.8 Å². The summed E-state index contributed by atoms with van der Waals surface area (Å²) in [5, 5.41) is 35.3. The average molecular weight is 981 g/mol. The van der Waals surface area contributed by atoms with Crippen LogP contribution < -0.4 is 21.3 Å².